The van der Waals surface area contributed by atoms with Gasteiger partial charge in [0.2, 0.25) is 12.6 Å². The molecule has 0 spiro atoms. The number of pyridine rings is 3. The fraction of sp³-hybridized carbons (Fsp3) is 0.250. The minimum Gasteiger partial charge on any atom is -0.475 e. The Bertz CT molecular complexity index is 1850. The Morgan fingerprint density at radius 2 is 1.83 bits per heavy atom. The molecule has 1 amide bonds. The molecule has 1 atom stereocenters. The number of hydrazine groups is 1. The van der Waals surface area contributed by atoms with Crippen LogP contribution in [0.2, 0.25) is 0 Å². The first kappa shape index (κ1) is 32.5. The first-order chi connectivity index (χ1) is 22.5. The van der Waals surface area contributed by atoms with E-state index in [1.165, 1.54) is 29.7 Å². The molecule has 1 aliphatic heterocycles. The van der Waals surface area contributed by atoms with Crippen LogP contribution in [0.25, 0.3) is 11.2 Å². The number of esters is 1. The van der Waals surface area contributed by atoms with Crippen LogP contribution in [0.5, 0.6) is 5.88 Å². The van der Waals surface area contributed by atoms with E-state index in [0.29, 0.717) is 6.20 Å². The van der Waals surface area contributed by atoms with Gasteiger partial charge in [0.25, 0.3) is 5.91 Å². The van der Waals surface area contributed by atoms with Crippen LogP contribution < -0.4 is 20.4 Å². The number of rotatable bonds is 10. The molecule has 0 aromatic carbocycles. The Morgan fingerprint density at radius 1 is 1.09 bits per heavy atom. The molecule has 47 heavy (non-hydrogen) atoms. The van der Waals surface area contributed by atoms with Crippen LogP contribution in [0.1, 0.15) is 40.1 Å². The first-order valence-corrected chi connectivity index (χ1v) is 13.8. The van der Waals surface area contributed by atoms with E-state index in [-0.39, 0.29) is 41.5 Å². The van der Waals surface area contributed by atoms with Gasteiger partial charge in [-0.15, -0.1) is 4.80 Å². The van der Waals surface area contributed by atoms with Crippen molar-refractivity contribution in [2.75, 3.05) is 13.2 Å². The lowest BCUT2D eigenvalue weighted by Gasteiger charge is -2.28. The second kappa shape index (κ2) is 13.6. The van der Waals surface area contributed by atoms with E-state index in [2.05, 4.69) is 31.0 Å². The van der Waals surface area contributed by atoms with Crippen molar-refractivity contribution >= 4 is 11.9 Å². The number of ether oxygens (including phenoxy) is 2. The van der Waals surface area contributed by atoms with E-state index in [4.69, 9.17) is 9.47 Å². The van der Waals surface area contributed by atoms with Gasteiger partial charge in [-0.05, 0) is 44.4 Å². The molecule has 0 fully saturated rings. The lowest BCUT2D eigenvalue weighted by molar-refractivity contribution is -0.137. The average Bonchev–Trinajstić information content (AvgIpc) is 3.78. The molecule has 4 aromatic rings. The predicted octanol–water partition coefficient (Wildman–Crippen LogP) is 2.95. The number of nitrogens with one attached hydrogen (secondary N) is 1. The van der Waals surface area contributed by atoms with Gasteiger partial charge in [0.05, 0.1) is 30.2 Å². The monoisotopic (exact) mass is 660 g/mol. The minimum atomic E-state index is -4.56. The van der Waals surface area contributed by atoms with E-state index in [9.17, 15) is 27.2 Å². The van der Waals surface area contributed by atoms with Crippen LogP contribution in [0.3, 0.4) is 0 Å². The molecule has 0 radical (unpaired) electrons. The summed E-state index contributed by atoms with van der Waals surface area (Å²) in [5.74, 6) is -3.65. The summed E-state index contributed by atoms with van der Waals surface area (Å²) in [4.78, 5) is 38.0. The van der Waals surface area contributed by atoms with Crippen LogP contribution in [-0.2, 0) is 17.6 Å². The normalized spacial score (nSPS) is 14.3. The zero-order valence-electron chi connectivity index (χ0n) is 24.6. The maximum Gasteiger partial charge on any atom is 0.417 e. The molecule has 19 heteroatoms. The minimum absolute atomic E-state index is 0.0310. The van der Waals surface area contributed by atoms with E-state index in [0.717, 1.165) is 50.8 Å². The number of nitrogens with zero attached hydrogens (tertiary/aromatic N) is 9. The zero-order chi connectivity index (χ0) is 33.7. The van der Waals surface area contributed by atoms with E-state index in [1.54, 1.807) is 13.8 Å². The van der Waals surface area contributed by atoms with E-state index in [1.807, 2.05) is 0 Å². The van der Waals surface area contributed by atoms with Crippen LogP contribution >= 0.6 is 0 Å². The molecule has 0 aliphatic carbocycles. The van der Waals surface area contributed by atoms with Crippen molar-refractivity contribution in [2.24, 2.45) is 0 Å². The summed E-state index contributed by atoms with van der Waals surface area (Å²) in [5.41, 5.74) is 5.38. The Labute approximate surface area is 262 Å². The van der Waals surface area contributed by atoms with Gasteiger partial charge >= 0.3 is 17.6 Å². The Kier molecular flexibility index (Phi) is 9.43. The largest absolute Gasteiger partial charge is 0.475 e. The van der Waals surface area contributed by atoms with Crippen LogP contribution in [0.15, 0.2) is 67.6 Å². The molecule has 14 nitrogen and oxygen atoms in total. The lowest BCUT2D eigenvalue weighted by Crippen LogP contribution is -2.48. The zero-order valence-corrected chi connectivity index (χ0v) is 24.6. The van der Waals surface area contributed by atoms with Crippen LogP contribution in [0.4, 0.5) is 22.0 Å². The maximum atomic E-state index is 15.0. The second-order valence-electron chi connectivity index (χ2n) is 9.78. The van der Waals surface area contributed by atoms with Crippen molar-refractivity contribution in [1.29, 1.82) is 0 Å². The summed E-state index contributed by atoms with van der Waals surface area (Å²) < 4.78 is 79.7. The van der Waals surface area contributed by atoms with Crippen LogP contribution in [0, 0.1) is 11.6 Å². The smallest absolute Gasteiger partial charge is 0.417 e. The SMILES string of the molecule is CCN(C(=O)c1cc(F)cn(COC(=O)c2cc(F)cnc2-n2nccn2)c1=[N+]1[N-]C=CN1)C(C)COc1ccc(C(F)(F)F)cn1. The highest BCUT2D eigenvalue weighted by Crippen LogP contribution is 2.29. The van der Waals surface area contributed by atoms with Gasteiger partial charge < -0.3 is 19.8 Å². The Hall–Kier alpha value is -5.88. The molecular weight excluding hydrogens is 635 g/mol. The third-order valence-corrected chi connectivity index (χ3v) is 6.62. The third kappa shape index (κ3) is 7.34. The second-order valence-corrected chi connectivity index (χ2v) is 9.78. The number of hydrogen-bond donors (Lipinski definition) is 1. The topological polar surface area (TPSA) is 146 Å². The molecule has 0 bridgehead atoms. The number of alkyl halides is 3. The standard InChI is InChI=1S/C28H25F5N10O4/c1-3-41(17(2)15-46-23-5-4-18(12-34-23)28(31,32)33)26(44)22-11-20(30)14-40(25(22)43-38-8-9-39-43)16-47-27(45)21-10-19(29)13-35-24(21)42-36-6-7-37-42/h4-14,17H,3,15-16H2,1-2H3,(H,38,39). The molecule has 4 aromatic heterocycles. The lowest BCUT2D eigenvalue weighted by atomic mass is 10.2. The van der Waals surface area contributed by atoms with Gasteiger partial charge in [-0.3, -0.25) is 10.2 Å². The molecule has 1 unspecified atom stereocenters. The van der Waals surface area contributed by atoms with E-state index < -0.39 is 48.0 Å². The number of amides is 1. The summed E-state index contributed by atoms with van der Waals surface area (Å²) in [5, 5.41) is 7.79. The number of aromatic nitrogens is 6. The molecule has 1 aliphatic rings. The summed E-state index contributed by atoms with van der Waals surface area (Å²) in [7, 11) is 0. The van der Waals surface area contributed by atoms with Gasteiger partial charge in [0.15, 0.2) is 11.6 Å². The highest BCUT2D eigenvalue weighted by Gasteiger charge is 2.31. The highest BCUT2D eigenvalue weighted by atomic mass is 19.4. The molecule has 1 N–H and O–H groups in total. The van der Waals surface area contributed by atoms with E-state index >= 15 is 4.39 Å². The van der Waals surface area contributed by atoms with Gasteiger partial charge in [-0.2, -0.15) is 32.7 Å². The average molecular weight is 661 g/mol. The number of carbonyl (C=O) groups excluding carboxylic acids is 2. The Balaban J connectivity index is 1.40. The van der Waals surface area contributed by atoms with Crippen LogP contribution in [-0.4, -0.2) is 65.5 Å². The fourth-order valence-corrected chi connectivity index (χ4v) is 4.46. The summed E-state index contributed by atoms with van der Waals surface area (Å²) in [6.07, 6.45) is 3.35. The molecule has 5 heterocycles. The van der Waals surface area contributed by atoms with Crippen molar-refractivity contribution in [3.8, 4) is 11.7 Å². The van der Waals surface area contributed by atoms with Gasteiger partial charge in [-0.25, -0.2) is 23.5 Å². The van der Waals surface area contributed by atoms with Gasteiger partial charge in [-0.1, -0.05) is 0 Å². The molecular formula is C28H25F5N10O4. The van der Waals surface area contributed by atoms with Crippen molar-refractivity contribution in [3.63, 3.8) is 0 Å². The number of hydrogen-bond acceptors (Lipinski definition) is 9. The summed E-state index contributed by atoms with van der Waals surface area (Å²) in [6, 6.07) is 3.06. The van der Waals surface area contributed by atoms with Crippen molar-refractivity contribution in [3.05, 3.63) is 107 Å². The molecule has 246 valence electrons. The van der Waals surface area contributed by atoms with Crippen molar-refractivity contribution < 1.29 is 41.0 Å². The van der Waals surface area contributed by atoms with Gasteiger partial charge in [0, 0.05) is 18.8 Å². The fourth-order valence-electron chi connectivity index (χ4n) is 4.46. The Morgan fingerprint density at radius 3 is 2.47 bits per heavy atom. The van der Waals surface area contributed by atoms with Gasteiger partial charge in [0.1, 0.15) is 29.7 Å². The molecule has 5 rings (SSSR count). The predicted molar refractivity (Wildman–Crippen MR) is 151 cm³/mol. The molecule has 0 saturated carbocycles. The number of likely N-dealkylation sites (N-methyl/N-ethyl adjacent to an activating group) is 1. The van der Waals surface area contributed by atoms with Crippen molar-refractivity contribution in [2.45, 2.75) is 32.8 Å². The molecule has 0 saturated heterocycles. The third-order valence-electron chi connectivity index (χ3n) is 6.62. The quantitative estimate of drug-likeness (QED) is 0.154. The number of carbonyl (C=O) groups is 2. The number of halogens is 5. The first-order valence-electron chi connectivity index (χ1n) is 13.8. The van der Waals surface area contributed by atoms with Crippen molar-refractivity contribution in [1.82, 2.24) is 44.6 Å². The summed E-state index contributed by atoms with van der Waals surface area (Å²) in [6.45, 7) is 2.59. The highest BCUT2D eigenvalue weighted by molar-refractivity contribution is 5.94. The summed E-state index contributed by atoms with van der Waals surface area (Å²) >= 11 is 0. The maximum absolute atomic E-state index is 15.0.